The van der Waals surface area contributed by atoms with Crippen LogP contribution in [-0.2, 0) is 0 Å². The summed E-state index contributed by atoms with van der Waals surface area (Å²) in [6, 6.07) is 2.10. The second-order valence-electron chi connectivity index (χ2n) is 3.19. The Hall–Kier alpha value is -0.590. The maximum Gasteiger partial charge on any atom is 0.0974 e. The molecule has 0 unspecified atom stereocenters. The molecule has 76 valence electrons. The van der Waals surface area contributed by atoms with E-state index in [0.29, 0.717) is 6.54 Å². The zero-order chi connectivity index (χ0) is 9.94. The summed E-state index contributed by atoms with van der Waals surface area (Å²) in [4.78, 5) is 0. The van der Waals surface area contributed by atoms with Crippen molar-refractivity contribution in [2.24, 2.45) is 0 Å². The number of nitrogens with zero attached hydrogens (tertiary/aromatic N) is 2. The molecule has 3 nitrogen and oxygen atoms in total. The third-order valence-electron chi connectivity index (χ3n) is 1.94. The minimum absolute atomic E-state index is 0.424. The highest BCUT2D eigenvalue weighted by molar-refractivity contribution is 4.71. The lowest BCUT2D eigenvalue weighted by Gasteiger charge is -2.21. The summed E-state index contributed by atoms with van der Waals surface area (Å²) >= 11 is 0. The van der Waals surface area contributed by atoms with Crippen LogP contribution in [0.3, 0.4) is 0 Å². The monoisotopic (exact) mass is 183 g/mol. The van der Waals surface area contributed by atoms with Gasteiger partial charge in [-0.15, -0.1) is 0 Å². The molecule has 0 aliphatic heterocycles. The first-order chi connectivity index (χ1) is 6.35. The summed E-state index contributed by atoms with van der Waals surface area (Å²) in [5.41, 5.74) is 3.11. The molecule has 0 aromatic heterocycles. The van der Waals surface area contributed by atoms with Gasteiger partial charge in [0.2, 0.25) is 0 Å². The summed E-state index contributed by atoms with van der Waals surface area (Å²) in [5.74, 6) is 0. The molecular formula is C10H21N3. The molecule has 0 saturated carbocycles. The summed E-state index contributed by atoms with van der Waals surface area (Å²) in [6.45, 7) is 6.90. The van der Waals surface area contributed by atoms with Crippen molar-refractivity contribution < 1.29 is 0 Å². The molecule has 0 rings (SSSR count). The first-order valence-electron chi connectivity index (χ1n) is 5.20. The number of hydrogen-bond acceptors (Lipinski definition) is 3. The van der Waals surface area contributed by atoms with E-state index in [1.54, 1.807) is 0 Å². The first kappa shape index (κ1) is 12.4. The van der Waals surface area contributed by atoms with Crippen molar-refractivity contribution in [3.05, 3.63) is 0 Å². The van der Waals surface area contributed by atoms with E-state index in [4.69, 9.17) is 5.26 Å². The Morgan fingerprint density at radius 2 is 1.69 bits per heavy atom. The van der Waals surface area contributed by atoms with Gasteiger partial charge in [0, 0.05) is 13.1 Å². The van der Waals surface area contributed by atoms with E-state index in [1.807, 2.05) is 0 Å². The average molecular weight is 183 g/mol. The van der Waals surface area contributed by atoms with Gasteiger partial charge in [-0.05, 0) is 12.8 Å². The minimum atomic E-state index is 0.424. The number of rotatable bonds is 8. The van der Waals surface area contributed by atoms with Crippen molar-refractivity contribution in [2.45, 2.75) is 39.5 Å². The Morgan fingerprint density at radius 1 is 1.15 bits per heavy atom. The van der Waals surface area contributed by atoms with Crippen molar-refractivity contribution in [1.29, 1.82) is 5.26 Å². The molecule has 0 heterocycles. The van der Waals surface area contributed by atoms with E-state index in [0.717, 1.165) is 13.1 Å². The Balaban J connectivity index is 3.54. The van der Waals surface area contributed by atoms with Gasteiger partial charge in [-0.25, -0.2) is 10.4 Å². The second kappa shape index (κ2) is 9.50. The molecule has 3 heteroatoms. The molecule has 0 aliphatic carbocycles. The van der Waals surface area contributed by atoms with Crippen molar-refractivity contribution in [1.82, 2.24) is 10.4 Å². The molecule has 0 atom stereocenters. The maximum absolute atomic E-state index is 8.43. The van der Waals surface area contributed by atoms with Gasteiger partial charge < -0.3 is 0 Å². The van der Waals surface area contributed by atoms with Crippen molar-refractivity contribution in [2.75, 3.05) is 19.6 Å². The molecule has 0 radical (unpaired) electrons. The van der Waals surface area contributed by atoms with E-state index >= 15 is 0 Å². The normalized spacial score (nSPS) is 10.3. The van der Waals surface area contributed by atoms with Gasteiger partial charge in [-0.1, -0.05) is 26.7 Å². The van der Waals surface area contributed by atoms with Crippen LogP contribution < -0.4 is 5.43 Å². The van der Waals surface area contributed by atoms with Crippen LogP contribution in [0.15, 0.2) is 0 Å². The average Bonchev–Trinajstić information content (AvgIpc) is 2.17. The zero-order valence-electron chi connectivity index (χ0n) is 8.84. The largest absolute Gasteiger partial charge is 0.243 e. The highest BCUT2D eigenvalue weighted by Crippen LogP contribution is 1.95. The van der Waals surface area contributed by atoms with E-state index in [-0.39, 0.29) is 0 Å². The Bertz CT molecular complexity index is 132. The van der Waals surface area contributed by atoms with Crippen LogP contribution in [-0.4, -0.2) is 24.6 Å². The van der Waals surface area contributed by atoms with Gasteiger partial charge in [0.05, 0.1) is 12.6 Å². The zero-order valence-corrected chi connectivity index (χ0v) is 8.84. The Morgan fingerprint density at radius 3 is 2.08 bits per heavy atom. The van der Waals surface area contributed by atoms with E-state index in [2.05, 4.69) is 30.4 Å². The summed E-state index contributed by atoms with van der Waals surface area (Å²) < 4.78 is 0. The van der Waals surface area contributed by atoms with Crippen LogP contribution in [0.1, 0.15) is 39.5 Å². The van der Waals surface area contributed by atoms with Crippen molar-refractivity contribution >= 4 is 0 Å². The van der Waals surface area contributed by atoms with Crippen LogP contribution in [0.4, 0.5) is 0 Å². The summed E-state index contributed by atoms with van der Waals surface area (Å²) in [6.07, 6.45) is 4.80. The van der Waals surface area contributed by atoms with Gasteiger partial charge in [-0.3, -0.25) is 0 Å². The molecule has 0 aromatic carbocycles. The number of unbranched alkanes of at least 4 members (excludes halogenated alkanes) is 2. The molecule has 0 aliphatic rings. The van der Waals surface area contributed by atoms with Gasteiger partial charge in [0.25, 0.3) is 0 Å². The molecule has 0 aromatic rings. The second-order valence-corrected chi connectivity index (χ2v) is 3.19. The van der Waals surface area contributed by atoms with Crippen LogP contribution >= 0.6 is 0 Å². The number of hydrazine groups is 1. The number of hydrogen-bond donors (Lipinski definition) is 1. The molecular weight excluding hydrogens is 162 g/mol. The van der Waals surface area contributed by atoms with Crippen LogP contribution in [0.2, 0.25) is 0 Å². The lowest BCUT2D eigenvalue weighted by Crippen LogP contribution is -2.39. The van der Waals surface area contributed by atoms with Crippen molar-refractivity contribution in [3.63, 3.8) is 0 Å². The van der Waals surface area contributed by atoms with Gasteiger partial charge in [0.15, 0.2) is 0 Å². The number of nitrogens with one attached hydrogen (secondary N) is 1. The molecule has 0 bridgehead atoms. The van der Waals surface area contributed by atoms with E-state index in [9.17, 15) is 0 Å². The fraction of sp³-hybridized carbons (Fsp3) is 0.900. The highest BCUT2D eigenvalue weighted by Gasteiger charge is 2.01. The van der Waals surface area contributed by atoms with E-state index in [1.165, 1.54) is 25.7 Å². The molecule has 0 spiro atoms. The van der Waals surface area contributed by atoms with Crippen LogP contribution in [0.25, 0.3) is 0 Å². The minimum Gasteiger partial charge on any atom is -0.243 e. The quantitative estimate of drug-likeness (QED) is 0.461. The number of nitriles is 1. The molecule has 0 amide bonds. The van der Waals surface area contributed by atoms with Gasteiger partial charge >= 0.3 is 0 Å². The predicted octanol–water partition coefficient (Wildman–Crippen LogP) is 1.92. The van der Waals surface area contributed by atoms with Gasteiger partial charge in [0.1, 0.15) is 0 Å². The summed E-state index contributed by atoms with van der Waals surface area (Å²) in [7, 11) is 0. The lowest BCUT2D eigenvalue weighted by atomic mass is 10.3. The predicted molar refractivity (Wildman–Crippen MR) is 55.0 cm³/mol. The molecule has 13 heavy (non-hydrogen) atoms. The van der Waals surface area contributed by atoms with Crippen LogP contribution in [0, 0.1) is 11.3 Å². The topological polar surface area (TPSA) is 39.1 Å². The standard InChI is InChI=1S/C10H21N3/c1-3-5-9-13(10-6-4-2)12-8-7-11/h12H,3-6,8-10H2,1-2H3. The third kappa shape index (κ3) is 7.76. The molecule has 0 saturated heterocycles. The van der Waals surface area contributed by atoms with Crippen LogP contribution in [0.5, 0.6) is 0 Å². The molecule has 1 N–H and O–H groups in total. The van der Waals surface area contributed by atoms with Crippen molar-refractivity contribution in [3.8, 4) is 6.07 Å². The van der Waals surface area contributed by atoms with Gasteiger partial charge in [-0.2, -0.15) is 5.26 Å². The highest BCUT2D eigenvalue weighted by atomic mass is 15.5. The summed E-state index contributed by atoms with van der Waals surface area (Å²) in [5, 5.41) is 10.6. The lowest BCUT2D eigenvalue weighted by molar-refractivity contribution is 0.192. The third-order valence-corrected chi connectivity index (χ3v) is 1.94. The maximum atomic E-state index is 8.43. The Kier molecular flexibility index (Phi) is 9.07. The SMILES string of the molecule is CCCCN(CCCC)NCC#N. The first-order valence-corrected chi connectivity index (χ1v) is 5.20. The molecule has 0 fully saturated rings. The fourth-order valence-electron chi connectivity index (χ4n) is 1.12. The Labute approximate surface area is 81.7 Å². The smallest absolute Gasteiger partial charge is 0.0974 e. The fourth-order valence-corrected chi connectivity index (χ4v) is 1.12. The van der Waals surface area contributed by atoms with E-state index < -0.39 is 0 Å².